The SMILES string of the molecule is Cn1nc(NS(C)=O)c2c(Cl)ccc(-c3ccc(-c4cnn(C(C)(C)C)c4)nc3C(Cc3cc(F)cc(F)c3)NC(=O)n3nc(C(F)F)c4c3C(F)(F)CC4)c21. The van der Waals surface area contributed by atoms with Gasteiger partial charge < -0.3 is 5.32 Å². The van der Waals surface area contributed by atoms with Crippen LogP contribution in [0.2, 0.25) is 5.02 Å². The molecule has 294 valence electrons. The summed E-state index contributed by atoms with van der Waals surface area (Å²) in [7, 11) is 0.0871. The average molecular weight is 818 g/mol. The van der Waals surface area contributed by atoms with Crippen molar-refractivity contribution in [2.24, 2.45) is 7.05 Å². The molecule has 7 rings (SSSR count). The molecule has 0 bridgehead atoms. The Labute approximate surface area is 323 Å². The van der Waals surface area contributed by atoms with E-state index in [1.165, 1.54) is 10.9 Å². The van der Waals surface area contributed by atoms with E-state index >= 15 is 8.78 Å². The van der Waals surface area contributed by atoms with Gasteiger partial charge in [0.2, 0.25) is 0 Å². The summed E-state index contributed by atoms with van der Waals surface area (Å²) in [5, 5.41) is 15.9. The minimum absolute atomic E-state index is 0.0505. The van der Waals surface area contributed by atoms with Crippen LogP contribution in [-0.2, 0) is 42.3 Å². The standard InChI is InChI=1S/C37H34ClF6N9O2S/c1-36(2,3)52-17-19(16-45-52)26-9-7-22(23-6-8-25(38)28-31(23)51(4)49-34(28)50-56(5)55)29(46-26)27(14-18-12-20(39)15-21(40)13-18)47-35(54)53-32-24(10-11-37(32,43)44)30(48-53)33(41)42/h6-9,12-13,15-17,27,33H,10-11,14H2,1-5H3,(H,47,54)(H,49,50). The van der Waals surface area contributed by atoms with E-state index in [0.717, 1.165) is 12.1 Å². The van der Waals surface area contributed by atoms with Crippen LogP contribution >= 0.6 is 11.6 Å². The molecule has 4 aromatic heterocycles. The van der Waals surface area contributed by atoms with E-state index in [2.05, 4.69) is 25.3 Å². The maximum absolute atomic E-state index is 15.2. The lowest BCUT2D eigenvalue weighted by molar-refractivity contribution is -0.00911. The third-order valence-electron chi connectivity index (χ3n) is 9.40. The fraction of sp³-hybridized carbons (Fsp3) is 0.324. The Kier molecular flexibility index (Phi) is 10.0. The molecule has 0 aliphatic heterocycles. The van der Waals surface area contributed by atoms with Crippen LogP contribution in [0.4, 0.5) is 37.0 Å². The average Bonchev–Trinajstić information content (AvgIpc) is 3.88. The summed E-state index contributed by atoms with van der Waals surface area (Å²) in [5.74, 6) is -5.28. The number of halogens is 7. The number of anilines is 1. The molecule has 2 atom stereocenters. The van der Waals surface area contributed by atoms with Gasteiger partial charge in [-0.2, -0.15) is 28.8 Å². The summed E-state index contributed by atoms with van der Waals surface area (Å²) >= 11 is 6.66. The fourth-order valence-electron chi connectivity index (χ4n) is 6.96. The molecule has 19 heteroatoms. The van der Waals surface area contributed by atoms with Gasteiger partial charge in [0.05, 0.1) is 45.1 Å². The van der Waals surface area contributed by atoms with E-state index in [0.29, 0.717) is 39.4 Å². The Hall–Kier alpha value is -5.23. The third kappa shape index (κ3) is 7.26. The van der Waals surface area contributed by atoms with Crippen molar-refractivity contribution in [1.29, 1.82) is 0 Å². The first-order valence-corrected chi connectivity index (χ1v) is 19.1. The van der Waals surface area contributed by atoms with Crippen molar-refractivity contribution in [3.63, 3.8) is 0 Å². The highest BCUT2D eigenvalue weighted by Gasteiger charge is 2.47. The van der Waals surface area contributed by atoms with Gasteiger partial charge in [-0.25, -0.2) is 31.5 Å². The van der Waals surface area contributed by atoms with Crippen LogP contribution in [0.25, 0.3) is 33.3 Å². The van der Waals surface area contributed by atoms with Crippen molar-refractivity contribution in [2.75, 3.05) is 11.0 Å². The third-order valence-corrected chi connectivity index (χ3v) is 10.2. The molecule has 11 nitrogen and oxygen atoms in total. The van der Waals surface area contributed by atoms with Crippen LogP contribution in [0.3, 0.4) is 0 Å². The predicted octanol–water partition coefficient (Wildman–Crippen LogP) is 8.60. The van der Waals surface area contributed by atoms with Crippen LogP contribution in [0.5, 0.6) is 0 Å². The lowest BCUT2D eigenvalue weighted by Crippen LogP contribution is -2.37. The van der Waals surface area contributed by atoms with Gasteiger partial charge in [0.1, 0.15) is 34.0 Å². The molecule has 0 saturated carbocycles. The number of fused-ring (bicyclic) bond motifs is 2. The minimum atomic E-state index is -3.65. The van der Waals surface area contributed by atoms with Gasteiger partial charge in [0.25, 0.3) is 12.3 Å². The zero-order valence-corrected chi connectivity index (χ0v) is 32.0. The first kappa shape index (κ1) is 39.0. The van der Waals surface area contributed by atoms with E-state index in [1.807, 2.05) is 20.8 Å². The fourth-order valence-corrected chi connectivity index (χ4v) is 7.61. The van der Waals surface area contributed by atoms with E-state index in [9.17, 15) is 26.6 Å². The number of carbonyl (C=O) groups excluding carboxylic acids is 1. The van der Waals surface area contributed by atoms with Gasteiger partial charge in [-0.1, -0.05) is 23.7 Å². The molecule has 0 spiro atoms. The van der Waals surface area contributed by atoms with Gasteiger partial charge in [-0.05, 0) is 63.4 Å². The van der Waals surface area contributed by atoms with Crippen LogP contribution in [0.1, 0.15) is 67.9 Å². The maximum Gasteiger partial charge on any atom is 0.343 e. The summed E-state index contributed by atoms with van der Waals surface area (Å²) in [6, 6.07) is 6.70. The quantitative estimate of drug-likeness (QED) is 0.141. The lowest BCUT2D eigenvalue weighted by Gasteiger charge is -2.23. The summed E-state index contributed by atoms with van der Waals surface area (Å²) in [6.07, 6.45) is -0.0570. The summed E-state index contributed by atoms with van der Waals surface area (Å²) in [4.78, 5) is 19.1. The Balaban J connectivity index is 1.46. The van der Waals surface area contributed by atoms with Gasteiger partial charge in [-0.3, -0.25) is 14.1 Å². The number of rotatable bonds is 9. The number of aromatic nitrogens is 7. The molecule has 6 aromatic rings. The van der Waals surface area contributed by atoms with Crippen molar-refractivity contribution >= 4 is 45.3 Å². The van der Waals surface area contributed by atoms with Crippen molar-refractivity contribution in [3.05, 3.63) is 99.7 Å². The summed E-state index contributed by atoms with van der Waals surface area (Å²) in [5.41, 5.74) is -0.445. The molecular weight excluding hydrogens is 784 g/mol. The van der Waals surface area contributed by atoms with E-state index in [4.69, 9.17) is 16.6 Å². The van der Waals surface area contributed by atoms with Crippen LogP contribution in [0, 0.1) is 11.6 Å². The number of nitrogens with one attached hydrogen (secondary N) is 2. The highest BCUT2D eigenvalue weighted by atomic mass is 35.5. The summed E-state index contributed by atoms with van der Waals surface area (Å²) in [6.45, 7) is 5.84. The smallest absolute Gasteiger partial charge is 0.327 e. The molecule has 0 radical (unpaired) electrons. The number of aryl methyl sites for hydroxylation is 1. The van der Waals surface area contributed by atoms with Crippen molar-refractivity contribution < 1.29 is 35.3 Å². The number of hydrogen-bond acceptors (Lipinski definition) is 6. The Morgan fingerprint density at radius 1 is 1.04 bits per heavy atom. The number of nitrogens with zero attached hydrogens (tertiary/aromatic N) is 7. The Morgan fingerprint density at radius 2 is 1.73 bits per heavy atom. The van der Waals surface area contributed by atoms with E-state index in [-0.39, 0.29) is 33.2 Å². The first-order valence-electron chi connectivity index (χ1n) is 17.2. The highest BCUT2D eigenvalue weighted by molar-refractivity contribution is 7.85. The molecule has 56 heavy (non-hydrogen) atoms. The Bertz CT molecular complexity index is 2530. The number of alkyl halides is 4. The van der Waals surface area contributed by atoms with Crippen LogP contribution in [0.15, 0.2) is 54.9 Å². The zero-order chi connectivity index (χ0) is 40.4. The number of pyridine rings is 1. The topological polar surface area (TPSA) is 125 Å². The first-order chi connectivity index (χ1) is 26.3. The maximum atomic E-state index is 15.2. The minimum Gasteiger partial charge on any atom is -0.327 e. The van der Waals surface area contributed by atoms with Crippen molar-refractivity contribution in [3.8, 4) is 22.4 Å². The molecule has 1 amide bonds. The van der Waals surface area contributed by atoms with E-state index in [1.54, 1.807) is 48.4 Å². The molecule has 0 saturated heterocycles. The molecule has 1 aliphatic rings. The second-order valence-electron chi connectivity index (χ2n) is 14.4. The largest absolute Gasteiger partial charge is 0.343 e. The normalized spacial score (nSPS) is 15.0. The number of amides is 1. The molecular formula is C37H34ClF6N9O2S. The van der Waals surface area contributed by atoms with Gasteiger partial charge in [0.15, 0.2) is 5.82 Å². The number of carbonyl (C=O) groups is 1. The lowest BCUT2D eigenvalue weighted by atomic mass is 9.93. The van der Waals surface area contributed by atoms with Crippen molar-refractivity contribution in [1.82, 2.24) is 39.6 Å². The molecule has 2 aromatic carbocycles. The zero-order valence-electron chi connectivity index (χ0n) is 30.5. The van der Waals surface area contributed by atoms with Crippen molar-refractivity contribution in [2.45, 2.75) is 64.0 Å². The van der Waals surface area contributed by atoms with Crippen LogP contribution < -0.4 is 10.0 Å². The predicted molar refractivity (Wildman–Crippen MR) is 199 cm³/mol. The Morgan fingerprint density at radius 3 is 2.38 bits per heavy atom. The van der Waals surface area contributed by atoms with Crippen LogP contribution in [-0.4, -0.2) is 50.8 Å². The van der Waals surface area contributed by atoms with Gasteiger partial charge in [0, 0.05) is 54.2 Å². The van der Waals surface area contributed by atoms with Gasteiger partial charge in [-0.15, -0.1) is 0 Å². The second kappa shape index (κ2) is 14.4. The molecule has 2 unspecified atom stereocenters. The highest BCUT2D eigenvalue weighted by Crippen LogP contribution is 2.45. The molecule has 2 N–H and O–H groups in total. The molecule has 4 heterocycles. The van der Waals surface area contributed by atoms with Gasteiger partial charge >= 0.3 is 6.03 Å². The summed E-state index contributed by atoms with van der Waals surface area (Å²) < 4.78 is 106. The molecule has 0 fully saturated rings. The molecule has 1 aliphatic carbocycles. The second-order valence-corrected chi connectivity index (χ2v) is 16.0. The monoisotopic (exact) mass is 817 g/mol. The number of hydrogen-bond donors (Lipinski definition) is 2. The number of benzene rings is 2. The van der Waals surface area contributed by atoms with E-state index < -0.39 is 82.4 Å².